The Kier molecular flexibility index (Phi) is 6.27. The minimum Gasteiger partial charge on any atom is -0.394 e. The van der Waals surface area contributed by atoms with Crippen molar-refractivity contribution in [1.29, 1.82) is 0 Å². The van der Waals surface area contributed by atoms with E-state index in [4.69, 9.17) is 19.3 Å². The minimum absolute atomic E-state index is 0.667. The lowest BCUT2D eigenvalue weighted by Gasteiger charge is -2.45. The van der Waals surface area contributed by atoms with Crippen LogP contribution in [0.3, 0.4) is 0 Å². The summed E-state index contributed by atoms with van der Waals surface area (Å²) < 4.78 is 15.3. The second-order valence-electron chi connectivity index (χ2n) is 5.53. The fraction of sp³-hybridized carbons (Fsp3) is 1.00. The summed E-state index contributed by atoms with van der Waals surface area (Å²) in [6.07, 6.45) is -15.6. The van der Waals surface area contributed by atoms with E-state index in [1.807, 2.05) is 0 Å². The quantitative estimate of drug-likeness (QED) is 0.243. The van der Waals surface area contributed by atoms with Gasteiger partial charge in [0.05, 0.1) is 13.2 Å². The van der Waals surface area contributed by atoms with Crippen LogP contribution in [0.4, 0.5) is 0 Å². The van der Waals surface area contributed by atoms with E-state index in [1.54, 1.807) is 0 Å². The Labute approximate surface area is 130 Å². The highest BCUT2D eigenvalue weighted by Gasteiger charge is 2.50. The predicted molar refractivity (Wildman–Crippen MR) is 68.6 cm³/mol. The van der Waals surface area contributed by atoms with E-state index in [1.165, 1.54) is 0 Å². The molecule has 2 rings (SSSR count). The zero-order valence-corrected chi connectivity index (χ0v) is 12.0. The van der Waals surface area contributed by atoms with Gasteiger partial charge in [-0.1, -0.05) is 0 Å². The summed E-state index contributed by atoms with van der Waals surface area (Å²) in [5.74, 6) is 0. The van der Waals surface area contributed by atoms with Crippen LogP contribution < -0.4 is 0 Å². The van der Waals surface area contributed by atoms with Gasteiger partial charge in [-0.15, -0.1) is 0 Å². The largest absolute Gasteiger partial charge is 0.394 e. The Morgan fingerprint density at radius 2 is 1.26 bits per heavy atom. The average Bonchev–Trinajstić information content (AvgIpc) is 2.55. The molecule has 2 fully saturated rings. The molecule has 10 atom stereocenters. The predicted octanol–water partition coefficient (Wildman–Crippen LogP) is -5.40. The molecular weight excluding hydrogens is 320 g/mol. The van der Waals surface area contributed by atoms with Gasteiger partial charge in [-0.05, 0) is 0 Å². The first kappa shape index (κ1) is 18.9. The normalized spacial score (nSPS) is 51.7. The zero-order chi connectivity index (χ0) is 17.3. The summed E-state index contributed by atoms with van der Waals surface area (Å²) >= 11 is 0. The van der Waals surface area contributed by atoms with Crippen molar-refractivity contribution in [2.45, 2.75) is 61.4 Å². The van der Waals surface area contributed by atoms with E-state index in [9.17, 15) is 35.7 Å². The van der Waals surface area contributed by atoms with Crippen LogP contribution in [0.15, 0.2) is 0 Å². The van der Waals surface area contributed by atoms with Crippen LogP contribution >= 0.6 is 0 Å². The highest BCUT2D eigenvalue weighted by Crippen LogP contribution is 2.28. The topological polar surface area (TPSA) is 190 Å². The van der Waals surface area contributed by atoms with E-state index in [2.05, 4.69) is 0 Å². The lowest BCUT2D eigenvalue weighted by atomic mass is 9.97. The van der Waals surface area contributed by atoms with Crippen molar-refractivity contribution in [2.75, 3.05) is 13.2 Å². The summed E-state index contributed by atoms with van der Waals surface area (Å²) in [5.41, 5.74) is 0. The van der Waals surface area contributed by atoms with Crippen LogP contribution in [-0.4, -0.2) is 115 Å². The van der Waals surface area contributed by atoms with Gasteiger partial charge < -0.3 is 55.1 Å². The number of rotatable bonds is 4. The zero-order valence-electron chi connectivity index (χ0n) is 12.0. The molecule has 0 aromatic rings. The molecule has 11 heteroatoms. The van der Waals surface area contributed by atoms with Crippen molar-refractivity contribution in [2.24, 2.45) is 0 Å². The first-order valence-electron chi connectivity index (χ1n) is 7.08. The van der Waals surface area contributed by atoms with E-state index in [-0.39, 0.29) is 0 Å². The highest BCUT2D eigenvalue weighted by molar-refractivity contribution is 4.93. The molecule has 0 radical (unpaired) electrons. The third-order valence-corrected chi connectivity index (χ3v) is 3.98. The molecule has 0 aromatic carbocycles. The first-order valence-corrected chi connectivity index (χ1v) is 7.08. The molecule has 0 aliphatic carbocycles. The molecule has 2 heterocycles. The SMILES string of the molecule is OC[C@H]1O[C@H](O[C@@H]2[C@H](O)[C@@H](O)[C@H](O)O[C@@H]2CO)[C@H](O)[C@@H](O)[C@@H]1O. The molecule has 8 N–H and O–H groups in total. The molecule has 11 nitrogen and oxygen atoms in total. The lowest BCUT2D eigenvalue weighted by molar-refractivity contribution is -0.355. The van der Waals surface area contributed by atoms with E-state index < -0.39 is 74.6 Å². The molecule has 2 aliphatic rings. The van der Waals surface area contributed by atoms with Gasteiger partial charge >= 0.3 is 0 Å². The molecule has 136 valence electrons. The maximum absolute atomic E-state index is 9.94. The summed E-state index contributed by atoms with van der Waals surface area (Å²) in [6.45, 7) is -1.35. The fourth-order valence-corrected chi connectivity index (χ4v) is 2.57. The second kappa shape index (κ2) is 7.63. The Hall–Kier alpha value is -0.440. The summed E-state index contributed by atoms with van der Waals surface area (Å²) in [5, 5.41) is 76.5. The molecule has 2 aliphatic heterocycles. The summed E-state index contributed by atoms with van der Waals surface area (Å²) in [7, 11) is 0. The Balaban J connectivity index is 2.11. The van der Waals surface area contributed by atoms with Crippen LogP contribution in [0.25, 0.3) is 0 Å². The maximum Gasteiger partial charge on any atom is 0.187 e. The Morgan fingerprint density at radius 3 is 1.83 bits per heavy atom. The third-order valence-electron chi connectivity index (χ3n) is 3.98. The second-order valence-corrected chi connectivity index (χ2v) is 5.53. The highest BCUT2D eigenvalue weighted by atomic mass is 16.7. The summed E-state index contributed by atoms with van der Waals surface area (Å²) in [4.78, 5) is 0. The molecule has 0 spiro atoms. The van der Waals surface area contributed by atoms with E-state index in [0.29, 0.717) is 0 Å². The molecule has 0 unspecified atom stereocenters. The van der Waals surface area contributed by atoms with Crippen LogP contribution in [0.5, 0.6) is 0 Å². The van der Waals surface area contributed by atoms with Crippen LogP contribution in [0, 0.1) is 0 Å². The van der Waals surface area contributed by atoms with E-state index in [0.717, 1.165) is 0 Å². The fourth-order valence-electron chi connectivity index (χ4n) is 2.57. The molecule has 0 bridgehead atoms. The van der Waals surface area contributed by atoms with Gasteiger partial charge in [0.1, 0.15) is 48.8 Å². The molecular formula is C12H22O11. The molecule has 0 saturated carbocycles. The monoisotopic (exact) mass is 342 g/mol. The maximum atomic E-state index is 9.94. The van der Waals surface area contributed by atoms with Crippen LogP contribution in [-0.2, 0) is 14.2 Å². The van der Waals surface area contributed by atoms with Gasteiger partial charge in [0.25, 0.3) is 0 Å². The number of ether oxygens (including phenoxy) is 3. The van der Waals surface area contributed by atoms with Gasteiger partial charge in [-0.25, -0.2) is 0 Å². The number of aliphatic hydroxyl groups excluding tert-OH is 8. The van der Waals surface area contributed by atoms with Crippen molar-refractivity contribution >= 4 is 0 Å². The standard InChI is InChI=1S/C12H22O11/c13-1-3-5(15)6(16)9(19)12(22-3)23-10-4(2-14)21-11(20)8(18)7(10)17/h3-20H,1-2H2/t3-,4-,5-,6+,7-,8-,9-,10+,11-,12-/m1/s1. The van der Waals surface area contributed by atoms with E-state index >= 15 is 0 Å². The first-order chi connectivity index (χ1) is 10.8. The molecule has 23 heavy (non-hydrogen) atoms. The number of aliphatic hydroxyl groups is 8. The average molecular weight is 342 g/mol. The van der Waals surface area contributed by atoms with Crippen molar-refractivity contribution < 1.29 is 55.1 Å². The van der Waals surface area contributed by atoms with Crippen molar-refractivity contribution in [3.05, 3.63) is 0 Å². The Bertz CT molecular complexity index is 378. The summed E-state index contributed by atoms with van der Waals surface area (Å²) in [6, 6.07) is 0. The van der Waals surface area contributed by atoms with Crippen molar-refractivity contribution in [1.82, 2.24) is 0 Å². The van der Waals surface area contributed by atoms with Crippen molar-refractivity contribution in [3.8, 4) is 0 Å². The van der Waals surface area contributed by atoms with Crippen molar-refractivity contribution in [3.63, 3.8) is 0 Å². The minimum atomic E-state index is -1.74. The van der Waals surface area contributed by atoms with Gasteiger partial charge in [-0.3, -0.25) is 0 Å². The van der Waals surface area contributed by atoms with Gasteiger partial charge in [0.15, 0.2) is 12.6 Å². The molecule has 2 saturated heterocycles. The Morgan fingerprint density at radius 1 is 0.652 bits per heavy atom. The third kappa shape index (κ3) is 3.65. The molecule has 0 amide bonds. The molecule has 0 aromatic heterocycles. The smallest absolute Gasteiger partial charge is 0.187 e. The van der Waals surface area contributed by atoms with Crippen LogP contribution in [0.1, 0.15) is 0 Å². The van der Waals surface area contributed by atoms with Gasteiger partial charge in [-0.2, -0.15) is 0 Å². The van der Waals surface area contributed by atoms with Gasteiger partial charge in [0.2, 0.25) is 0 Å². The van der Waals surface area contributed by atoms with Gasteiger partial charge in [0, 0.05) is 0 Å². The number of hydrogen-bond donors (Lipinski definition) is 8. The number of hydrogen-bond acceptors (Lipinski definition) is 11. The lowest BCUT2D eigenvalue weighted by Crippen LogP contribution is -2.64. The van der Waals surface area contributed by atoms with Crippen LogP contribution in [0.2, 0.25) is 0 Å².